The fraction of sp³-hybridized carbons (Fsp3) is 0.400. The Morgan fingerprint density at radius 1 is 1.57 bits per heavy atom. The maximum atomic E-state index is 11.7. The normalized spacial score (nSPS) is 14.0. The average molecular weight is 312 g/mol. The van der Waals surface area contributed by atoms with E-state index in [-0.39, 0.29) is 30.5 Å². The van der Waals surface area contributed by atoms with Gasteiger partial charge in [-0.2, -0.15) is 5.10 Å². The first-order valence-electron chi connectivity index (χ1n) is 5.92. The van der Waals surface area contributed by atoms with E-state index in [0.717, 1.165) is 6.20 Å². The zero-order valence-corrected chi connectivity index (χ0v) is 11.9. The fourth-order valence-electron chi connectivity index (χ4n) is 1.48. The second-order valence-electron chi connectivity index (χ2n) is 4.11. The van der Waals surface area contributed by atoms with Gasteiger partial charge in [-0.3, -0.25) is 24.4 Å². The van der Waals surface area contributed by atoms with Crippen LogP contribution in [0.15, 0.2) is 17.5 Å². The van der Waals surface area contributed by atoms with Gasteiger partial charge in [0.05, 0.1) is 10.8 Å². The Bertz CT molecular complexity index is 612. The number of carbonyl (C=O) groups excluding carboxylic acids is 2. The molecular formula is C10H12N6O4S. The molecule has 2 rings (SSSR count). The summed E-state index contributed by atoms with van der Waals surface area (Å²) >= 11 is 1.25. The number of hydrogen-bond acceptors (Lipinski definition) is 7. The number of thioether (sulfide) groups is 1. The first-order valence-corrected chi connectivity index (χ1v) is 6.90. The summed E-state index contributed by atoms with van der Waals surface area (Å²) in [4.78, 5) is 32.7. The van der Waals surface area contributed by atoms with Crippen molar-refractivity contribution in [2.45, 2.75) is 19.9 Å². The van der Waals surface area contributed by atoms with Gasteiger partial charge in [0, 0.05) is 19.9 Å². The van der Waals surface area contributed by atoms with Crippen LogP contribution in [0.4, 0.5) is 5.69 Å². The molecule has 0 atom stereocenters. The van der Waals surface area contributed by atoms with Crippen LogP contribution in [0.5, 0.6) is 0 Å². The molecule has 0 spiro atoms. The van der Waals surface area contributed by atoms with E-state index in [1.54, 1.807) is 0 Å². The maximum Gasteiger partial charge on any atom is 0.306 e. The number of hydrazone groups is 1. The van der Waals surface area contributed by atoms with Crippen molar-refractivity contribution in [2.24, 2.45) is 5.10 Å². The molecule has 10 nitrogen and oxygen atoms in total. The highest BCUT2D eigenvalue weighted by atomic mass is 32.2. The minimum absolute atomic E-state index is 0.0957. The van der Waals surface area contributed by atoms with Crippen molar-refractivity contribution in [1.82, 2.24) is 20.1 Å². The molecule has 1 N–H and O–H groups in total. The molecule has 112 valence electrons. The van der Waals surface area contributed by atoms with Crippen molar-refractivity contribution in [1.29, 1.82) is 0 Å². The van der Waals surface area contributed by atoms with Crippen LogP contribution in [0.25, 0.3) is 0 Å². The summed E-state index contributed by atoms with van der Waals surface area (Å²) in [5.41, 5.74) is -0.122. The predicted octanol–water partition coefficient (Wildman–Crippen LogP) is 0.121. The smallest absolute Gasteiger partial charge is 0.304 e. The number of nitrogens with zero attached hydrogens (tertiary/aromatic N) is 5. The third-order valence-corrected chi connectivity index (χ3v) is 3.37. The molecule has 1 aliphatic heterocycles. The molecule has 2 amide bonds. The van der Waals surface area contributed by atoms with Crippen molar-refractivity contribution in [3.8, 4) is 0 Å². The van der Waals surface area contributed by atoms with E-state index >= 15 is 0 Å². The molecule has 0 radical (unpaired) electrons. The highest BCUT2D eigenvalue weighted by Crippen LogP contribution is 2.15. The second kappa shape index (κ2) is 6.35. The molecule has 1 aromatic rings. The lowest BCUT2D eigenvalue weighted by Gasteiger charge is -2.04. The van der Waals surface area contributed by atoms with Crippen LogP contribution < -0.4 is 5.32 Å². The Morgan fingerprint density at radius 2 is 2.33 bits per heavy atom. The lowest BCUT2D eigenvalue weighted by Crippen LogP contribution is -2.28. The van der Waals surface area contributed by atoms with E-state index in [1.165, 1.54) is 34.6 Å². The number of amides is 2. The number of amidine groups is 1. The van der Waals surface area contributed by atoms with Crippen LogP contribution in [0, 0.1) is 10.1 Å². The molecule has 1 aromatic heterocycles. The number of nitro groups is 1. The number of rotatable bonds is 4. The first kappa shape index (κ1) is 15.0. The van der Waals surface area contributed by atoms with E-state index in [9.17, 15) is 19.7 Å². The van der Waals surface area contributed by atoms with Gasteiger partial charge < -0.3 is 5.32 Å². The predicted molar refractivity (Wildman–Crippen MR) is 74.1 cm³/mol. The maximum absolute atomic E-state index is 11.7. The Balaban J connectivity index is 1.81. The van der Waals surface area contributed by atoms with Crippen molar-refractivity contribution < 1.29 is 14.5 Å². The van der Waals surface area contributed by atoms with Crippen LogP contribution in [0.1, 0.15) is 13.3 Å². The number of nitrogens with one attached hydrogen (secondary N) is 1. The lowest BCUT2D eigenvalue weighted by atomic mass is 10.4. The minimum Gasteiger partial charge on any atom is -0.304 e. The monoisotopic (exact) mass is 312 g/mol. The van der Waals surface area contributed by atoms with Crippen molar-refractivity contribution in [2.75, 3.05) is 5.88 Å². The third kappa shape index (κ3) is 4.02. The van der Waals surface area contributed by atoms with Crippen molar-refractivity contribution in [3.63, 3.8) is 0 Å². The molecule has 0 fully saturated rings. The van der Waals surface area contributed by atoms with Gasteiger partial charge in [-0.25, -0.2) is 5.01 Å². The van der Waals surface area contributed by atoms with Crippen LogP contribution in [0.2, 0.25) is 0 Å². The molecule has 1 aliphatic rings. The summed E-state index contributed by atoms with van der Waals surface area (Å²) in [5, 5.41) is 22.4. The fourth-order valence-corrected chi connectivity index (χ4v) is 2.31. The summed E-state index contributed by atoms with van der Waals surface area (Å²) in [6.45, 7) is 1.60. The second-order valence-corrected chi connectivity index (χ2v) is 5.05. The van der Waals surface area contributed by atoms with E-state index < -0.39 is 4.92 Å². The molecule has 0 aromatic carbocycles. The summed E-state index contributed by atoms with van der Waals surface area (Å²) in [7, 11) is 0. The molecular weight excluding hydrogens is 300 g/mol. The molecule has 11 heteroatoms. The van der Waals surface area contributed by atoms with Gasteiger partial charge >= 0.3 is 5.69 Å². The van der Waals surface area contributed by atoms with Gasteiger partial charge in [0.2, 0.25) is 11.8 Å². The van der Waals surface area contributed by atoms with Crippen molar-refractivity contribution >= 4 is 34.4 Å². The Hall–Kier alpha value is -2.43. The third-order valence-electron chi connectivity index (χ3n) is 2.54. The van der Waals surface area contributed by atoms with Gasteiger partial charge in [-0.1, -0.05) is 11.8 Å². The summed E-state index contributed by atoms with van der Waals surface area (Å²) in [6.07, 6.45) is 2.48. The van der Waals surface area contributed by atoms with Gasteiger partial charge in [0.1, 0.15) is 12.4 Å². The molecule has 0 saturated carbocycles. The van der Waals surface area contributed by atoms with Gasteiger partial charge in [0.15, 0.2) is 5.17 Å². The highest BCUT2D eigenvalue weighted by Gasteiger charge is 2.19. The van der Waals surface area contributed by atoms with E-state index in [4.69, 9.17) is 0 Å². The van der Waals surface area contributed by atoms with Crippen LogP contribution in [-0.2, 0) is 16.1 Å². The number of carbonyl (C=O) groups is 2. The minimum atomic E-state index is -0.552. The Labute approximate surface area is 123 Å². The molecule has 0 aliphatic carbocycles. The molecule has 21 heavy (non-hydrogen) atoms. The van der Waals surface area contributed by atoms with Crippen LogP contribution >= 0.6 is 11.8 Å². The lowest BCUT2D eigenvalue weighted by molar-refractivity contribution is -0.385. The van der Waals surface area contributed by atoms with Gasteiger partial charge in [0.25, 0.3) is 0 Å². The molecule has 0 saturated heterocycles. The summed E-state index contributed by atoms with van der Waals surface area (Å²) < 4.78 is 1.32. The molecule has 0 bridgehead atoms. The van der Waals surface area contributed by atoms with E-state index in [2.05, 4.69) is 15.5 Å². The first-order chi connectivity index (χ1) is 9.95. The molecule has 0 unspecified atom stereocenters. The number of hydrogen-bond donors (Lipinski definition) is 1. The highest BCUT2D eigenvalue weighted by molar-refractivity contribution is 8.14. The topological polar surface area (TPSA) is 123 Å². The van der Waals surface area contributed by atoms with Crippen molar-refractivity contribution in [3.05, 3.63) is 22.5 Å². The Morgan fingerprint density at radius 3 is 2.90 bits per heavy atom. The van der Waals surface area contributed by atoms with Crippen LogP contribution in [-0.4, -0.2) is 42.6 Å². The number of aryl methyl sites for hydroxylation is 1. The summed E-state index contributed by atoms with van der Waals surface area (Å²) in [5.74, 6) is -0.128. The zero-order valence-electron chi connectivity index (χ0n) is 11.1. The Kier molecular flexibility index (Phi) is 4.52. The summed E-state index contributed by atoms with van der Waals surface area (Å²) in [6, 6.07) is 0. The van der Waals surface area contributed by atoms with E-state index in [1.807, 2.05) is 0 Å². The SMILES string of the molecule is CC(=O)N1CSC(NC(=O)CCn2cc([N+](=O)[O-])cn2)=N1. The average Bonchev–Trinajstić information content (AvgIpc) is 3.05. The van der Waals surface area contributed by atoms with Gasteiger partial charge in [-0.15, -0.1) is 5.10 Å². The zero-order chi connectivity index (χ0) is 15.4. The quantitative estimate of drug-likeness (QED) is 0.622. The number of aromatic nitrogens is 2. The van der Waals surface area contributed by atoms with Gasteiger partial charge in [-0.05, 0) is 0 Å². The van der Waals surface area contributed by atoms with Crippen LogP contribution in [0.3, 0.4) is 0 Å². The standard InChI is InChI=1S/C10H12N6O4S/c1-7(17)15-6-21-10(13-15)12-9(18)2-3-14-5-8(4-11-14)16(19)20/h4-5H,2-3,6H2,1H3,(H,12,13,18). The molecule has 2 heterocycles. The van der Waals surface area contributed by atoms with E-state index in [0.29, 0.717) is 11.0 Å². The largest absolute Gasteiger partial charge is 0.306 e.